The number of aliphatic hydroxyl groups is 3. The monoisotopic (exact) mass is 353 g/mol. The van der Waals surface area contributed by atoms with E-state index in [0.717, 1.165) is 0 Å². The van der Waals surface area contributed by atoms with Crippen LogP contribution >= 0.6 is 0 Å². The predicted octanol–water partition coefficient (Wildman–Crippen LogP) is -4.78. The molecule has 0 aliphatic carbocycles. The third-order valence-corrected chi connectivity index (χ3v) is 3.13. The van der Waals surface area contributed by atoms with Crippen molar-refractivity contribution in [2.45, 2.75) is 25.6 Å². The minimum absolute atomic E-state index is 0.111. The lowest BCUT2D eigenvalue weighted by atomic mass is 10.1. The van der Waals surface area contributed by atoms with Crippen molar-refractivity contribution < 1.29 is 20.1 Å². The van der Waals surface area contributed by atoms with Crippen molar-refractivity contribution in [1.82, 2.24) is 55.8 Å². The van der Waals surface area contributed by atoms with Gasteiger partial charge >= 0.3 is 5.82 Å². The number of aliphatic hydroxyl groups excluding tert-OH is 3. The molecular formula is C10H17N12O3+. The molecule has 25 heavy (non-hydrogen) atoms. The lowest BCUT2D eigenvalue weighted by molar-refractivity contribution is -0.806. The van der Waals surface area contributed by atoms with E-state index in [0.29, 0.717) is 0 Å². The number of hydrogen-bond acceptors (Lipinski definition) is 11. The SMILES string of the molecule is OCCn1nnc(C(c2nnn(CCO)n2)c2n[nH][n+](CCO)n2)n1. The van der Waals surface area contributed by atoms with E-state index in [-0.39, 0.29) is 56.9 Å². The second-order valence-corrected chi connectivity index (χ2v) is 4.88. The largest absolute Gasteiger partial charge is 0.394 e. The maximum Gasteiger partial charge on any atom is 0.326 e. The lowest BCUT2D eigenvalue weighted by Crippen LogP contribution is -2.41. The number of rotatable bonds is 9. The van der Waals surface area contributed by atoms with E-state index in [2.05, 4.69) is 46.2 Å². The third-order valence-electron chi connectivity index (χ3n) is 3.13. The highest BCUT2D eigenvalue weighted by atomic mass is 16.3. The zero-order valence-electron chi connectivity index (χ0n) is 13.1. The Labute approximate surface area is 139 Å². The third kappa shape index (κ3) is 3.78. The van der Waals surface area contributed by atoms with E-state index in [1.807, 2.05) is 0 Å². The average Bonchev–Trinajstić information content (AvgIpc) is 3.32. The second kappa shape index (κ2) is 7.77. The van der Waals surface area contributed by atoms with Gasteiger partial charge in [0.15, 0.2) is 24.1 Å². The Bertz CT molecular complexity index is 691. The van der Waals surface area contributed by atoms with Gasteiger partial charge in [-0.3, -0.25) is 0 Å². The Morgan fingerprint density at radius 2 is 1.48 bits per heavy atom. The molecule has 0 saturated heterocycles. The fourth-order valence-corrected chi connectivity index (χ4v) is 2.05. The van der Waals surface area contributed by atoms with Gasteiger partial charge in [-0.25, -0.2) is 0 Å². The Balaban J connectivity index is 1.96. The summed E-state index contributed by atoms with van der Waals surface area (Å²) in [6, 6.07) is 0. The molecule has 0 spiro atoms. The zero-order valence-corrected chi connectivity index (χ0v) is 13.1. The van der Waals surface area contributed by atoms with Gasteiger partial charge in [-0.15, -0.1) is 20.4 Å². The summed E-state index contributed by atoms with van der Waals surface area (Å²) in [5.41, 5.74) is 0. The first-order chi connectivity index (χ1) is 12.2. The highest BCUT2D eigenvalue weighted by molar-refractivity contribution is 5.18. The number of nitrogens with one attached hydrogen (secondary N) is 1. The van der Waals surface area contributed by atoms with E-state index in [9.17, 15) is 0 Å². The number of nitrogens with zero attached hydrogens (tertiary/aromatic N) is 11. The number of hydrogen-bond donors (Lipinski definition) is 4. The molecule has 0 fully saturated rings. The van der Waals surface area contributed by atoms with E-state index in [1.54, 1.807) is 0 Å². The first kappa shape index (κ1) is 16.9. The first-order valence-electron chi connectivity index (χ1n) is 7.45. The minimum atomic E-state index is -0.754. The predicted molar refractivity (Wildman–Crippen MR) is 74.4 cm³/mol. The minimum Gasteiger partial charge on any atom is -0.394 e. The summed E-state index contributed by atoms with van der Waals surface area (Å²) in [6.45, 7) is 0.214. The van der Waals surface area contributed by atoms with E-state index in [4.69, 9.17) is 15.3 Å². The molecule has 0 bridgehead atoms. The quantitative estimate of drug-likeness (QED) is 0.270. The number of aromatic amines is 1. The molecule has 3 aromatic rings. The summed E-state index contributed by atoms with van der Waals surface area (Å²) in [4.78, 5) is 3.81. The number of tetrazole rings is 3. The Hall–Kier alpha value is -2.91. The van der Waals surface area contributed by atoms with Gasteiger partial charge in [0.1, 0.15) is 0 Å². The number of H-pyrrole nitrogens is 1. The van der Waals surface area contributed by atoms with Gasteiger partial charge in [-0.2, -0.15) is 9.59 Å². The van der Waals surface area contributed by atoms with Crippen LogP contribution in [0.25, 0.3) is 0 Å². The molecular weight excluding hydrogens is 336 g/mol. The van der Waals surface area contributed by atoms with Crippen LogP contribution in [0, 0.1) is 0 Å². The molecule has 3 aromatic heterocycles. The summed E-state index contributed by atoms with van der Waals surface area (Å²) in [5, 5.41) is 61.8. The molecule has 0 unspecified atom stereocenters. The molecule has 4 N–H and O–H groups in total. The van der Waals surface area contributed by atoms with E-state index < -0.39 is 5.92 Å². The summed E-state index contributed by atoms with van der Waals surface area (Å²) < 4.78 is 0. The second-order valence-electron chi connectivity index (χ2n) is 4.88. The van der Waals surface area contributed by atoms with Crippen LogP contribution in [0.1, 0.15) is 23.4 Å². The molecule has 0 radical (unpaired) electrons. The summed E-state index contributed by atoms with van der Waals surface area (Å²) in [5.74, 6) is -0.0316. The van der Waals surface area contributed by atoms with Gasteiger partial charge in [0.2, 0.25) is 0 Å². The van der Waals surface area contributed by atoms with Crippen LogP contribution in [-0.4, -0.2) is 91.0 Å². The van der Waals surface area contributed by atoms with Crippen molar-refractivity contribution in [3.63, 3.8) is 0 Å². The molecule has 0 amide bonds. The van der Waals surface area contributed by atoms with Crippen molar-refractivity contribution in [3.05, 3.63) is 17.5 Å². The van der Waals surface area contributed by atoms with Crippen LogP contribution in [0.4, 0.5) is 0 Å². The van der Waals surface area contributed by atoms with Gasteiger partial charge < -0.3 is 15.3 Å². The van der Waals surface area contributed by atoms with Gasteiger partial charge in [0, 0.05) is 0 Å². The summed E-state index contributed by atoms with van der Waals surface area (Å²) in [7, 11) is 0. The topological polar surface area (TPSA) is 193 Å². The molecule has 0 saturated carbocycles. The van der Waals surface area contributed by atoms with Gasteiger partial charge in [0.25, 0.3) is 0 Å². The Kier molecular flexibility index (Phi) is 5.26. The van der Waals surface area contributed by atoms with Crippen LogP contribution in [0.5, 0.6) is 0 Å². The van der Waals surface area contributed by atoms with Crippen LogP contribution < -0.4 is 4.80 Å². The van der Waals surface area contributed by atoms with Crippen molar-refractivity contribution in [2.75, 3.05) is 19.8 Å². The molecule has 3 heterocycles. The lowest BCUT2D eigenvalue weighted by Gasteiger charge is -2.00. The fraction of sp³-hybridized carbons (Fsp3) is 0.700. The molecule has 0 aliphatic rings. The smallest absolute Gasteiger partial charge is 0.326 e. The summed E-state index contributed by atoms with van der Waals surface area (Å²) >= 11 is 0. The van der Waals surface area contributed by atoms with Crippen LogP contribution in [0.3, 0.4) is 0 Å². The van der Waals surface area contributed by atoms with Crippen LogP contribution in [0.2, 0.25) is 0 Å². The number of aromatic nitrogens is 12. The van der Waals surface area contributed by atoms with Crippen LogP contribution in [-0.2, 0) is 19.6 Å². The van der Waals surface area contributed by atoms with Gasteiger partial charge in [-0.05, 0) is 20.7 Å². The Morgan fingerprint density at radius 3 is 2.00 bits per heavy atom. The summed E-state index contributed by atoms with van der Waals surface area (Å²) in [6.07, 6.45) is 0. The normalized spacial score (nSPS) is 11.5. The molecule has 15 nitrogen and oxygen atoms in total. The zero-order chi connectivity index (χ0) is 17.6. The average molecular weight is 353 g/mol. The highest BCUT2D eigenvalue weighted by Gasteiger charge is 2.35. The maximum atomic E-state index is 8.99. The molecule has 0 aliphatic heterocycles. The maximum absolute atomic E-state index is 8.99. The Morgan fingerprint density at radius 1 is 0.880 bits per heavy atom. The van der Waals surface area contributed by atoms with Crippen LogP contribution in [0.15, 0.2) is 0 Å². The van der Waals surface area contributed by atoms with Crippen molar-refractivity contribution in [3.8, 4) is 0 Å². The van der Waals surface area contributed by atoms with Gasteiger partial charge in [-0.1, -0.05) is 4.80 Å². The molecule has 0 atom stereocenters. The van der Waals surface area contributed by atoms with Crippen molar-refractivity contribution in [1.29, 1.82) is 0 Å². The molecule has 3 rings (SSSR count). The van der Waals surface area contributed by atoms with Gasteiger partial charge in [0.05, 0.1) is 38.0 Å². The van der Waals surface area contributed by atoms with Crippen molar-refractivity contribution in [2.24, 2.45) is 0 Å². The van der Waals surface area contributed by atoms with Crippen molar-refractivity contribution >= 4 is 0 Å². The standard InChI is InChI=1S/C10H16N12O3/c23-4-1-20-14-8(11-17-20)7(9-12-18-21(15-9)2-5-24)10-13-19-22(16-10)3-6-25/h7,23-25H,1-6H2/p+1. The fourth-order valence-electron chi connectivity index (χ4n) is 2.05. The molecule has 0 aromatic carbocycles. The molecule has 134 valence electrons. The van der Waals surface area contributed by atoms with E-state index >= 15 is 0 Å². The van der Waals surface area contributed by atoms with E-state index in [1.165, 1.54) is 14.4 Å². The highest BCUT2D eigenvalue weighted by Crippen LogP contribution is 2.22. The molecule has 15 heteroatoms. The first-order valence-corrected chi connectivity index (χ1v) is 7.45.